The number of ether oxygens (including phenoxy) is 2. The molecule has 0 spiro atoms. The zero-order valence-corrected chi connectivity index (χ0v) is 15.8. The number of H-pyrrole nitrogens is 1. The molecule has 1 amide bonds. The van der Waals surface area contributed by atoms with Gasteiger partial charge in [-0.15, -0.1) is 11.3 Å². The number of nitrogens with one attached hydrogen (secondary N) is 2. The van der Waals surface area contributed by atoms with Crippen LogP contribution in [0.4, 0.5) is 5.69 Å². The normalized spacial score (nSPS) is 10.6. The molecular formula is C19H21N3O3S. The van der Waals surface area contributed by atoms with E-state index < -0.39 is 0 Å². The summed E-state index contributed by atoms with van der Waals surface area (Å²) in [5.74, 6) is 0.621. The first kappa shape index (κ1) is 18.0. The van der Waals surface area contributed by atoms with Crippen LogP contribution in [0.25, 0.3) is 10.6 Å². The van der Waals surface area contributed by atoms with Crippen molar-refractivity contribution in [2.45, 2.75) is 19.8 Å². The van der Waals surface area contributed by atoms with E-state index in [9.17, 15) is 4.79 Å². The van der Waals surface area contributed by atoms with Crippen LogP contribution in [0.3, 0.4) is 0 Å². The van der Waals surface area contributed by atoms with Crippen LogP contribution in [0.5, 0.6) is 11.5 Å². The van der Waals surface area contributed by atoms with Crippen LogP contribution < -0.4 is 14.8 Å². The highest BCUT2D eigenvalue weighted by Crippen LogP contribution is 2.35. The number of benzene rings is 1. The van der Waals surface area contributed by atoms with Gasteiger partial charge in [0, 0.05) is 0 Å². The number of thiophene rings is 1. The maximum Gasteiger partial charge on any atom is 0.263 e. The Bertz CT molecular complexity index is 865. The lowest BCUT2D eigenvalue weighted by Gasteiger charge is -2.13. The third-order valence-corrected chi connectivity index (χ3v) is 4.87. The fourth-order valence-electron chi connectivity index (χ4n) is 2.79. The Hall–Kier alpha value is -2.80. The van der Waals surface area contributed by atoms with E-state index in [-0.39, 0.29) is 5.91 Å². The summed E-state index contributed by atoms with van der Waals surface area (Å²) in [4.78, 5) is 14.0. The predicted molar refractivity (Wildman–Crippen MR) is 103 cm³/mol. The number of nitrogens with zero attached hydrogens (tertiary/aromatic N) is 1. The molecule has 0 atom stereocenters. The summed E-state index contributed by atoms with van der Waals surface area (Å²) in [6, 6.07) is 9.20. The minimum absolute atomic E-state index is 0.296. The summed E-state index contributed by atoms with van der Waals surface area (Å²) in [5.41, 5.74) is 2.70. The molecule has 0 saturated carbocycles. The standard InChI is InChI=1S/C19H21N3O3S/c1-4-7-12-17(18(22-21-12)15-10-6-11-26-15)20-19(23)16-13(24-2)8-5-9-14(16)25-3/h5-6,8-11H,4,7H2,1-3H3,(H,20,23)(H,21,22). The number of aromatic amines is 1. The molecule has 0 bridgehead atoms. The number of carbonyl (C=O) groups excluding carboxylic acids is 1. The predicted octanol–water partition coefficient (Wildman–Crippen LogP) is 4.36. The van der Waals surface area contributed by atoms with E-state index in [0.29, 0.717) is 22.7 Å². The molecular weight excluding hydrogens is 350 g/mol. The van der Waals surface area contributed by atoms with Gasteiger partial charge < -0.3 is 14.8 Å². The molecule has 2 heterocycles. The SMILES string of the molecule is CCCc1[nH]nc(-c2cccs2)c1NC(=O)c1c(OC)cccc1OC. The maximum atomic E-state index is 13.0. The van der Waals surface area contributed by atoms with Gasteiger partial charge in [-0.25, -0.2) is 0 Å². The van der Waals surface area contributed by atoms with E-state index in [2.05, 4.69) is 22.4 Å². The molecule has 0 radical (unpaired) electrons. The number of carbonyl (C=O) groups is 1. The molecule has 26 heavy (non-hydrogen) atoms. The molecule has 7 heteroatoms. The Morgan fingerprint density at radius 2 is 1.92 bits per heavy atom. The molecule has 3 rings (SSSR count). The van der Waals surface area contributed by atoms with Crippen LogP contribution in [-0.2, 0) is 6.42 Å². The Balaban J connectivity index is 2.01. The summed E-state index contributed by atoms with van der Waals surface area (Å²) >= 11 is 1.58. The van der Waals surface area contributed by atoms with Crippen LogP contribution in [0.15, 0.2) is 35.7 Å². The fraction of sp³-hybridized carbons (Fsp3) is 0.263. The maximum absolute atomic E-state index is 13.0. The third-order valence-electron chi connectivity index (χ3n) is 3.99. The lowest BCUT2D eigenvalue weighted by atomic mass is 10.1. The number of amides is 1. The van der Waals surface area contributed by atoms with Crippen molar-refractivity contribution >= 4 is 22.9 Å². The smallest absolute Gasteiger partial charge is 0.263 e. The molecule has 2 aromatic heterocycles. The molecule has 3 aromatic rings. The highest BCUT2D eigenvalue weighted by Gasteiger charge is 2.23. The largest absolute Gasteiger partial charge is 0.496 e. The number of rotatable bonds is 7. The average Bonchev–Trinajstić information content (AvgIpc) is 3.31. The van der Waals surface area contributed by atoms with E-state index in [4.69, 9.17) is 9.47 Å². The molecule has 0 unspecified atom stereocenters. The van der Waals surface area contributed by atoms with Gasteiger partial charge in [0.25, 0.3) is 5.91 Å². The van der Waals surface area contributed by atoms with Crippen molar-refractivity contribution in [2.24, 2.45) is 0 Å². The Kier molecular flexibility index (Phi) is 5.58. The van der Waals surface area contributed by atoms with E-state index in [1.54, 1.807) is 29.5 Å². The molecule has 2 N–H and O–H groups in total. The van der Waals surface area contributed by atoms with Gasteiger partial charge in [-0.1, -0.05) is 25.5 Å². The van der Waals surface area contributed by atoms with Crippen LogP contribution in [-0.4, -0.2) is 30.3 Å². The molecule has 6 nitrogen and oxygen atoms in total. The van der Waals surface area contributed by atoms with E-state index in [1.807, 2.05) is 17.5 Å². The van der Waals surface area contributed by atoms with Crippen LogP contribution >= 0.6 is 11.3 Å². The number of aryl methyl sites for hydroxylation is 1. The lowest BCUT2D eigenvalue weighted by Crippen LogP contribution is -2.15. The Morgan fingerprint density at radius 1 is 1.19 bits per heavy atom. The van der Waals surface area contributed by atoms with Crippen molar-refractivity contribution in [1.29, 1.82) is 0 Å². The first-order chi connectivity index (χ1) is 12.7. The highest BCUT2D eigenvalue weighted by atomic mass is 32.1. The summed E-state index contributed by atoms with van der Waals surface area (Å²) < 4.78 is 10.7. The van der Waals surface area contributed by atoms with Gasteiger partial charge in [-0.05, 0) is 30.0 Å². The Morgan fingerprint density at radius 3 is 2.50 bits per heavy atom. The van der Waals surface area contributed by atoms with Crippen molar-refractivity contribution in [1.82, 2.24) is 10.2 Å². The number of anilines is 1. The number of methoxy groups -OCH3 is 2. The van der Waals surface area contributed by atoms with Crippen molar-refractivity contribution in [2.75, 3.05) is 19.5 Å². The van der Waals surface area contributed by atoms with Gasteiger partial charge in [0.1, 0.15) is 22.8 Å². The lowest BCUT2D eigenvalue weighted by molar-refractivity contribution is 0.102. The van der Waals surface area contributed by atoms with Crippen LogP contribution in [0.2, 0.25) is 0 Å². The Labute approximate surface area is 156 Å². The number of hydrogen-bond donors (Lipinski definition) is 2. The van der Waals surface area contributed by atoms with Gasteiger partial charge in [0.15, 0.2) is 0 Å². The first-order valence-electron chi connectivity index (χ1n) is 8.33. The molecule has 0 aliphatic heterocycles. The second-order valence-electron chi connectivity index (χ2n) is 5.64. The number of hydrogen-bond acceptors (Lipinski definition) is 5. The summed E-state index contributed by atoms with van der Waals surface area (Å²) in [5, 5.41) is 12.5. The fourth-order valence-corrected chi connectivity index (χ4v) is 3.51. The summed E-state index contributed by atoms with van der Waals surface area (Å²) in [7, 11) is 3.06. The van der Waals surface area contributed by atoms with E-state index >= 15 is 0 Å². The molecule has 0 saturated heterocycles. The third kappa shape index (κ3) is 3.43. The quantitative estimate of drug-likeness (QED) is 0.647. The zero-order valence-electron chi connectivity index (χ0n) is 15.0. The second kappa shape index (κ2) is 8.05. The van der Waals surface area contributed by atoms with Gasteiger partial charge in [-0.2, -0.15) is 5.10 Å². The van der Waals surface area contributed by atoms with Crippen molar-refractivity contribution in [3.05, 3.63) is 47.0 Å². The minimum Gasteiger partial charge on any atom is -0.496 e. The van der Waals surface area contributed by atoms with Crippen molar-refractivity contribution in [3.63, 3.8) is 0 Å². The van der Waals surface area contributed by atoms with E-state index in [1.165, 1.54) is 14.2 Å². The van der Waals surface area contributed by atoms with Crippen LogP contribution in [0, 0.1) is 0 Å². The molecule has 1 aromatic carbocycles. The van der Waals surface area contributed by atoms with Gasteiger partial charge in [0.2, 0.25) is 0 Å². The second-order valence-corrected chi connectivity index (χ2v) is 6.59. The molecule has 0 aliphatic carbocycles. The van der Waals surface area contributed by atoms with E-state index in [0.717, 1.165) is 29.1 Å². The highest BCUT2D eigenvalue weighted by molar-refractivity contribution is 7.13. The topological polar surface area (TPSA) is 76.2 Å². The van der Waals surface area contributed by atoms with Gasteiger partial charge >= 0.3 is 0 Å². The molecule has 136 valence electrons. The summed E-state index contributed by atoms with van der Waals surface area (Å²) in [6.07, 6.45) is 1.73. The zero-order chi connectivity index (χ0) is 18.5. The monoisotopic (exact) mass is 371 g/mol. The first-order valence-corrected chi connectivity index (χ1v) is 9.21. The average molecular weight is 371 g/mol. The molecule has 0 aliphatic rings. The van der Waals surface area contributed by atoms with Crippen molar-refractivity contribution < 1.29 is 14.3 Å². The molecule has 0 fully saturated rings. The minimum atomic E-state index is -0.296. The van der Waals surface area contributed by atoms with Gasteiger partial charge in [-0.3, -0.25) is 9.89 Å². The van der Waals surface area contributed by atoms with Crippen molar-refractivity contribution in [3.8, 4) is 22.1 Å². The summed E-state index contributed by atoms with van der Waals surface area (Å²) in [6.45, 7) is 2.08. The number of aromatic nitrogens is 2. The van der Waals surface area contributed by atoms with Crippen LogP contribution in [0.1, 0.15) is 29.4 Å². The van der Waals surface area contributed by atoms with Gasteiger partial charge in [0.05, 0.1) is 30.5 Å².